The average molecular weight is 733 g/mol. The summed E-state index contributed by atoms with van der Waals surface area (Å²) in [7, 11) is 1.92. The van der Waals surface area contributed by atoms with Crippen LogP contribution < -0.4 is 27.0 Å². The van der Waals surface area contributed by atoms with Crippen LogP contribution in [0.2, 0.25) is 0 Å². The van der Waals surface area contributed by atoms with Gasteiger partial charge in [0.2, 0.25) is 11.4 Å². The Kier molecular flexibility index (Phi) is 8.83. The van der Waals surface area contributed by atoms with E-state index in [-0.39, 0.29) is 0 Å². The van der Waals surface area contributed by atoms with E-state index >= 15 is 0 Å². The van der Waals surface area contributed by atoms with Gasteiger partial charge in [-0.25, -0.2) is 20.4 Å². The number of carbonyl (C=O) groups excluding carboxylic acids is 2. The molecule has 0 bridgehead atoms. The molecular formula is C41H32N8O6. The van der Waals surface area contributed by atoms with Gasteiger partial charge in [0.15, 0.2) is 0 Å². The molecule has 0 radical (unpaired) electrons. The zero-order chi connectivity index (χ0) is 38.2. The maximum atomic E-state index is 13.1. The lowest BCUT2D eigenvalue weighted by atomic mass is 10.1. The fourth-order valence-electron chi connectivity index (χ4n) is 6.54. The lowest BCUT2D eigenvalue weighted by Crippen LogP contribution is -2.18. The summed E-state index contributed by atoms with van der Waals surface area (Å²) in [6, 6.07) is 26.2. The molecule has 14 heteroatoms. The molecule has 0 saturated carbocycles. The van der Waals surface area contributed by atoms with Crippen molar-refractivity contribution < 1.29 is 18.4 Å². The van der Waals surface area contributed by atoms with Crippen LogP contribution in [0.4, 0.5) is 5.69 Å². The van der Waals surface area contributed by atoms with Crippen LogP contribution in [0.5, 0.6) is 0 Å². The van der Waals surface area contributed by atoms with Gasteiger partial charge in [-0.1, -0.05) is 18.2 Å². The molecule has 272 valence electrons. The zero-order valence-corrected chi connectivity index (χ0v) is 29.8. The highest BCUT2D eigenvalue weighted by molar-refractivity contribution is 5.99. The van der Waals surface area contributed by atoms with Gasteiger partial charge >= 0.3 is 11.3 Å². The first-order valence-electron chi connectivity index (χ1n) is 17.2. The molecule has 8 aromatic rings. The Labute approximate surface area is 311 Å². The number of carbonyl (C=O) groups is 2. The van der Waals surface area contributed by atoms with Crippen molar-refractivity contribution in [3.05, 3.63) is 163 Å². The predicted molar refractivity (Wildman–Crippen MR) is 209 cm³/mol. The average Bonchev–Trinajstić information content (AvgIpc) is 3.72. The topological polar surface area (TPSA) is 168 Å². The summed E-state index contributed by atoms with van der Waals surface area (Å²) in [6.07, 6.45) is 6.31. The summed E-state index contributed by atoms with van der Waals surface area (Å²) in [6.45, 7) is 4.22. The van der Waals surface area contributed by atoms with Crippen LogP contribution in [0, 0.1) is 13.8 Å². The van der Waals surface area contributed by atoms with Gasteiger partial charge in [0.1, 0.15) is 0 Å². The number of hydrogen-bond donors (Lipinski definition) is 2. The predicted octanol–water partition coefficient (Wildman–Crippen LogP) is 5.58. The molecule has 0 atom stereocenters. The number of benzene rings is 3. The van der Waals surface area contributed by atoms with Crippen molar-refractivity contribution in [1.82, 2.24) is 24.6 Å². The van der Waals surface area contributed by atoms with Gasteiger partial charge < -0.3 is 13.7 Å². The quantitative estimate of drug-likeness (QED) is 0.143. The smallest absolute Gasteiger partial charge is 0.346 e. The molecule has 0 fully saturated rings. The summed E-state index contributed by atoms with van der Waals surface area (Å²) >= 11 is 0. The van der Waals surface area contributed by atoms with Crippen LogP contribution in [0.3, 0.4) is 0 Å². The molecule has 55 heavy (non-hydrogen) atoms. The van der Waals surface area contributed by atoms with Crippen LogP contribution in [-0.2, 0) is 6.54 Å². The molecule has 0 aliphatic heterocycles. The number of fused-ring (bicyclic) bond motifs is 6. The summed E-state index contributed by atoms with van der Waals surface area (Å²) in [4.78, 5) is 57.5. The van der Waals surface area contributed by atoms with Crippen molar-refractivity contribution >= 4 is 63.2 Å². The second kappa shape index (κ2) is 14.1. The number of nitrogens with one attached hydrogen (secondary N) is 2. The first-order chi connectivity index (χ1) is 26.6. The fourth-order valence-corrected chi connectivity index (χ4v) is 6.54. The number of hydrogen-bond acceptors (Lipinski definition) is 10. The Morgan fingerprint density at radius 3 is 2.04 bits per heavy atom. The van der Waals surface area contributed by atoms with Gasteiger partial charge in [-0.3, -0.25) is 23.4 Å². The molecule has 2 amide bonds. The Balaban J connectivity index is 0.959. The number of nitrogens with zero attached hydrogens (tertiary/aromatic N) is 6. The van der Waals surface area contributed by atoms with Gasteiger partial charge in [-0.05, 0) is 86.1 Å². The number of pyridine rings is 1. The number of amides is 2. The number of aromatic nitrogens is 3. The Morgan fingerprint density at radius 1 is 0.745 bits per heavy atom. The largest absolute Gasteiger partial charge is 0.405 e. The highest BCUT2D eigenvalue weighted by Gasteiger charge is 2.18. The first-order valence-corrected chi connectivity index (χ1v) is 17.2. The second-order valence-corrected chi connectivity index (χ2v) is 13.0. The normalized spacial score (nSPS) is 11.8. The molecule has 3 aromatic carbocycles. The van der Waals surface area contributed by atoms with Gasteiger partial charge in [0.25, 0.3) is 11.8 Å². The summed E-state index contributed by atoms with van der Waals surface area (Å²) < 4.78 is 14.8. The van der Waals surface area contributed by atoms with E-state index in [1.807, 2.05) is 72.7 Å². The standard InChI is InChI=1S/C41H32N8O6/c1-24-6-15-36-48(24)34-18-28(9-13-32(34)40(52)54-36)37(50)45-43-21-26-7-11-31(12-8-26)47(3)23-30-17-25(2)49-35-19-29(10-14-33(35)41(53)55-39(30)49)38(51)46-44-22-27-5-4-16-42-20-27/h4-22H,23H2,1-3H3,(H,45,50)(H,46,51)/b43-21+,44-22+. The highest BCUT2D eigenvalue weighted by Crippen LogP contribution is 2.25. The Hall–Kier alpha value is -7.61. The lowest BCUT2D eigenvalue weighted by molar-refractivity contribution is 0.0947. The third-order valence-electron chi connectivity index (χ3n) is 9.27. The minimum absolute atomic E-state index is 0.329. The van der Waals surface area contributed by atoms with E-state index in [2.05, 4.69) is 26.0 Å². The first kappa shape index (κ1) is 34.5. The SMILES string of the molecule is Cc1ccc2oc(=O)c3ccc(C(=O)N/N=C/c4ccc(N(C)Cc5cc(C)n6c5oc(=O)c5ccc(C(=O)N/N=C/c7cccnc7)cc56)cc4)cc3n12. The maximum Gasteiger partial charge on any atom is 0.346 e. The van der Waals surface area contributed by atoms with Gasteiger partial charge in [0, 0.05) is 71.4 Å². The number of hydrazone groups is 2. The Bertz CT molecular complexity index is 2980. The lowest BCUT2D eigenvalue weighted by Gasteiger charge is -2.18. The maximum absolute atomic E-state index is 13.1. The molecule has 8 rings (SSSR count). The van der Waals surface area contributed by atoms with Crippen molar-refractivity contribution in [2.24, 2.45) is 10.2 Å². The zero-order valence-electron chi connectivity index (χ0n) is 29.8. The number of aryl methyl sites for hydroxylation is 2. The molecule has 2 N–H and O–H groups in total. The molecule has 5 aromatic heterocycles. The van der Waals surface area contributed by atoms with Crippen molar-refractivity contribution in [3.63, 3.8) is 0 Å². The van der Waals surface area contributed by atoms with Crippen LogP contribution >= 0.6 is 0 Å². The van der Waals surface area contributed by atoms with Gasteiger partial charge in [0.05, 0.1) is 34.2 Å². The van der Waals surface area contributed by atoms with E-state index in [1.54, 1.807) is 65.3 Å². The third-order valence-corrected chi connectivity index (χ3v) is 9.27. The molecule has 0 aliphatic carbocycles. The fraction of sp³-hybridized carbons (Fsp3) is 0.0976. The van der Waals surface area contributed by atoms with E-state index in [4.69, 9.17) is 8.83 Å². The molecule has 14 nitrogen and oxygen atoms in total. The van der Waals surface area contributed by atoms with Crippen molar-refractivity contribution in [3.8, 4) is 0 Å². The van der Waals surface area contributed by atoms with Crippen LogP contribution in [0.15, 0.2) is 132 Å². The molecule has 5 heterocycles. The van der Waals surface area contributed by atoms with E-state index in [0.29, 0.717) is 50.9 Å². The van der Waals surface area contributed by atoms with Crippen molar-refractivity contribution in [2.45, 2.75) is 20.4 Å². The molecule has 0 spiro atoms. The molecule has 0 aliphatic rings. The number of rotatable bonds is 9. The van der Waals surface area contributed by atoms with Crippen LogP contribution in [0.25, 0.3) is 33.2 Å². The molecule has 0 saturated heterocycles. The molecule has 0 unspecified atom stereocenters. The molecular weight excluding hydrogens is 701 g/mol. The summed E-state index contributed by atoms with van der Waals surface area (Å²) in [5, 5.41) is 8.88. The summed E-state index contributed by atoms with van der Waals surface area (Å²) in [5.74, 6) is -0.861. The monoisotopic (exact) mass is 732 g/mol. The van der Waals surface area contributed by atoms with Gasteiger partial charge in [-0.15, -0.1) is 0 Å². The van der Waals surface area contributed by atoms with E-state index in [9.17, 15) is 19.2 Å². The van der Waals surface area contributed by atoms with Crippen molar-refractivity contribution in [1.29, 1.82) is 0 Å². The van der Waals surface area contributed by atoms with Crippen molar-refractivity contribution in [2.75, 3.05) is 11.9 Å². The highest BCUT2D eigenvalue weighted by atomic mass is 16.4. The number of anilines is 1. The summed E-state index contributed by atoms with van der Waals surface area (Å²) in [5.41, 5.74) is 11.5. The Morgan fingerprint density at radius 2 is 1.38 bits per heavy atom. The second-order valence-electron chi connectivity index (χ2n) is 13.0. The van der Waals surface area contributed by atoms with E-state index in [0.717, 1.165) is 33.8 Å². The third kappa shape index (κ3) is 6.63. The van der Waals surface area contributed by atoms with Crippen LogP contribution in [0.1, 0.15) is 48.8 Å². The van der Waals surface area contributed by atoms with E-state index in [1.165, 1.54) is 12.4 Å². The minimum atomic E-state index is -0.511. The van der Waals surface area contributed by atoms with Gasteiger partial charge in [-0.2, -0.15) is 10.2 Å². The van der Waals surface area contributed by atoms with E-state index < -0.39 is 23.1 Å². The minimum Gasteiger partial charge on any atom is -0.405 e. The van der Waals surface area contributed by atoms with Crippen LogP contribution in [-0.4, -0.2) is 45.1 Å².